The van der Waals surface area contributed by atoms with Gasteiger partial charge in [0.15, 0.2) is 8.32 Å². The number of nitrogens with zero attached hydrogens (tertiary/aromatic N) is 1. The number of likely N-dealkylation sites (tertiary alicyclic amines) is 1. The zero-order valence-electron chi connectivity index (χ0n) is 17.7. The van der Waals surface area contributed by atoms with E-state index in [1.54, 1.807) is 27.7 Å². The third kappa shape index (κ3) is 4.65. The first kappa shape index (κ1) is 22.6. The second kappa shape index (κ2) is 6.96. The minimum absolute atomic E-state index is 0.0459. The van der Waals surface area contributed by atoms with E-state index in [-0.39, 0.29) is 11.5 Å². The van der Waals surface area contributed by atoms with Crippen LogP contribution in [0.1, 0.15) is 54.9 Å². The summed E-state index contributed by atoms with van der Waals surface area (Å²) >= 11 is 0. The van der Waals surface area contributed by atoms with Crippen LogP contribution >= 0.6 is 0 Å². The van der Waals surface area contributed by atoms with Crippen LogP contribution in [0.4, 0.5) is 4.79 Å². The molecule has 1 aliphatic rings. The van der Waals surface area contributed by atoms with E-state index in [0.29, 0.717) is 0 Å². The van der Waals surface area contributed by atoms with Crippen molar-refractivity contribution in [2.45, 2.75) is 90.3 Å². The molecule has 1 fully saturated rings. The van der Waals surface area contributed by atoms with Gasteiger partial charge in [-0.3, -0.25) is 4.79 Å². The highest BCUT2D eigenvalue weighted by Crippen LogP contribution is 2.43. The van der Waals surface area contributed by atoms with Gasteiger partial charge in [-0.1, -0.05) is 20.8 Å². The molecule has 26 heavy (non-hydrogen) atoms. The van der Waals surface area contributed by atoms with Gasteiger partial charge in [0.25, 0.3) is 5.91 Å². The predicted molar refractivity (Wildman–Crippen MR) is 100 cm³/mol. The molecular weight excluding hydrogens is 354 g/mol. The Morgan fingerprint density at radius 1 is 1.15 bits per heavy atom. The molecule has 0 bridgehead atoms. The normalized spacial score (nSPS) is 24.6. The van der Waals surface area contributed by atoms with E-state index in [9.17, 15) is 14.4 Å². The highest BCUT2D eigenvalue weighted by molar-refractivity contribution is 6.74. The van der Waals surface area contributed by atoms with E-state index in [0.717, 1.165) is 4.90 Å². The molecule has 0 radical (unpaired) electrons. The quantitative estimate of drug-likeness (QED) is 0.545. The van der Waals surface area contributed by atoms with Crippen LogP contribution in [0.5, 0.6) is 0 Å². The molecule has 7 nitrogen and oxygen atoms in total. The van der Waals surface area contributed by atoms with Crippen molar-refractivity contribution >= 4 is 26.3 Å². The van der Waals surface area contributed by atoms with Gasteiger partial charge in [0.05, 0.1) is 7.11 Å². The fourth-order valence-corrected chi connectivity index (χ4v) is 4.19. The fourth-order valence-electron chi connectivity index (χ4n) is 2.59. The van der Waals surface area contributed by atoms with Crippen molar-refractivity contribution in [3.63, 3.8) is 0 Å². The molecule has 2 amide bonds. The number of hydrogen-bond donors (Lipinski definition) is 0. The van der Waals surface area contributed by atoms with Crippen molar-refractivity contribution in [2.24, 2.45) is 0 Å². The average Bonchev–Trinajstić information content (AvgIpc) is 2.66. The maximum atomic E-state index is 13.1. The molecule has 0 aliphatic carbocycles. The van der Waals surface area contributed by atoms with Gasteiger partial charge in [-0.15, -0.1) is 0 Å². The number of esters is 1. The van der Waals surface area contributed by atoms with Gasteiger partial charge in [0, 0.05) is 6.42 Å². The molecule has 1 heterocycles. The molecule has 1 rings (SSSR count). The van der Waals surface area contributed by atoms with Crippen LogP contribution in [0.25, 0.3) is 0 Å². The summed E-state index contributed by atoms with van der Waals surface area (Å²) in [6.07, 6.45) is -0.815. The Labute approximate surface area is 157 Å². The largest absolute Gasteiger partial charge is 0.467 e. The lowest BCUT2D eigenvalue weighted by molar-refractivity contribution is -0.149. The van der Waals surface area contributed by atoms with Crippen molar-refractivity contribution in [3.05, 3.63) is 0 Å². The van der Waals surface area contributed by atoms with Crippen molar-refractivity contribution in [1.82, 2.24) is 4.90 Å². The van der Waals surface area contributed by atoms with Gasteiger partial charge in [0.2, 0.25) is 0 Å². The Balaban J connectivity index is 3.25. The monoisotopic (exact) mass is 387 g/mol. The molecule has 2 unspecified atom stereocenters. The standard InChI is InChI=1S/C18H33NO6Si/c1-16(2,3)24-15(22)19-12(13(20)23-8)11-18(7,14(19)21)25-26(9,10)17(4,5)6/h12H,11H2,1-10H3. The topological polar surface area (TPSA) is 82.1 Å². The Morgan fingerprint density at radius 2 is 1.65 bits per heavy atom. The lowest BCUT2D eigenvalue weighted by Gasteiger charge is -2.41. The van der Waals surface area contributed by atoms with E-state index >= 15 is 0 Å². The number of rotatable bonds is 3. The predicted octanol–water partition coefficient (Wildman–Crippen LogP) is 3.48. The van der Waals surface area contributed by atoms with Gasteiger partial charge in [0.1, 0.15) is 17.2 Å². The molecule has 1 aliphatic heterocycles. The smallest absolute Gasteiger partial charge is 0.417 e. The average molecular weight is 388 g/mol. The Hall–Kier alpha value is -1.41. The van der Waals surface area contributed by atoms with Gasteiger partial charge in [-0.05, 0) is 45.8 Å². The van der Waals surface area contributed by atoms with Crippen LogP contribution in [0.15, 0.2) is 0 Å². The van der Waals surface area contributed by atoms with Crippen LogP contribution < -0.4 is 0 Å². The zero-order chi connectivity index (χ0) is 20.7. The summed E-state index contributed by atoms with van der Waals surface area (Å²) in [7, 11) is -1.09. The second-order valence-electron chi connectivity index (χ2n) is 9.49. The fraction of sp³-hybridized carbons (Fsp3) is 0.833. The molecule has 0 aromatic heterocycles. The van der Waals surface area contributed by atoms with Gasteiger partial charge >= 0.3 is 12.1 Å². The summed E-state index contributed by atoms with van der Waals surface area (Å²) in [5.41, 5.74) is -2.07. The molecule has 150 valence electrons. The number of carbonyl (C=O) groups excluding carboxylic acids is 3. The first-order chi connectivity index (χ1) is 11.5. The lowest BCUT2D eigenvalue weighted by atomic mass is 10.0. The number of ether oxygens (including phenoxy) is 2. The summed E-state index contributed by atoms with van der Waals surface area (Å²) in [6.45, 7) is 17.0. The highest BCUT2D eigenvalue weighted by atomic mass is 28.4. The molecule has 0 saturated carbocycles. The highest BCUT2D eigenvalue weighted by Gasteiger charge is 2.58. The molecule has 0 N–H and O–H groups in total. The van der Waals surface area contributed by atoms with Crippen molar-refractivity contribution in [1.29, 1.82) is 0 Å². The molecule has 8 heteroatoms. The summed E-state index contributed by atoms with van der Waals surface area (Å²) in [6, 6.07) is -1.06. The second-order valence-corrected chi connectivity index (χ2v) is 14.2. The Bertz CT molecular complexity index is 589. The first-order valence-electron chi connectivity index (χ1n) is 8.80. The van der Waals surface area contributed by atoms with Gasteiger partial charge in [-0.2, -0.15) is 0 Å². The van der Waals surface area contributed by atoms with E-state index in [1.807, 2.05) is 13.1 Å². The summed E-state index contributed by atoms with van der Waals surface area (Å²) in [5.74, 6) is -1.22. The molecular formula is C18H33NO6Si. The maximum absolute atomic E-state index is 13.1. The van der Waals surface area contributed by atoms with Crippen LogP contribution in [-0.4, -0.2) is 55.5 Å². The Morgan fingerprint density at radius 3 is 2.04 bits per heavy atom. The van der Waals surface area contributed by atoms with Crippen molar-refractivity contribution in [2.75, 3.05) is 7.11 Å². The summed E-state index contributed by atoms with van der Waals surface area (Å²) < 4.78 is 16.5. The number of imide groups is 1. The Kier molecular flexibility index (Phi) is 6.06. The maximum Gasteiger partial charge on any atom is 0.417 e. The minimum Gasteiger partial charge on any atom is -0.467 e. The van der Waals surface area contributed by atoms with Crippen molar-refractivity contribution < 1.29 is 28.3 Å². The number of methoxy groups -OCH3 is 1. The third-order valence-electron chi connectivity index (χ3n) is 4.92. The van der Waals surface area contributed by atoms with Crippen LogP contribution in [0, 0.1) is 0 Å². The number of hydrogen-bond acceptors (Lipinski definition) is 6. The third-order valence-corrected chi connectivity index (χ3v) is 9.49. The SMILES string of the molecule is COC(=O)C1CC(C)(O[Si](C)(C)C(C)(C)C)C(=O)N1C(=O)OC(C)(C)C. The number of amides is 2. The van der Waals surface area contributed by atoms with Crippen LogP contribution in [-0.2, 0) is 23.5 Å². The lowest BCUT2D eigenvalue weighted by Crippen LogP contribution is -2.53. The summed E-state index contributed by atoms with van der Waals surface area (Å²) in [5, 5.41) is -0.129. The summed E-state index contributed by atoms with van der Waals surface area (Å²) in [4.78, 5) is 38.8. The number of carbonyl (C=O) groups is 3. The molecule has 0 aromatic carbocycles. The van der Waals surface area contributed by atoms with Gasteiger partial charge < -0.3 is 13.9 Å². The zero-order valence-corrected chi connectivity index (χ0v) is 18.7. The molecule has 1 saturated heterocycles. The molecule has 0 aromatic rings. The van der Waals surface area contributed by atoms with E-state index < -0.39 is 43.5 Å². The van der Waals surface area contributed by atoms with Crippen molar-refractivity contribution in [3.8, 4) is 0 Å². The molecule has 2 atom stereocenters. The minimum atomic E-state index is -2.32. The van der Waals surface area contributed by atoms with Crippen LogP contribution in [0.2, 0.25) is 18.1 Å². The van der Waals surface area contributed by atoms with E-state index in [2.05, 4.69) is 20.8 Å². The van der Waals surface area contributed by atoms with Crippen LogP contribution in [0.3, 0.4) is 0 Å². The van der Waals surface area contributed by atoms with Gasteiger partial charge in [-0.25, -0.2) is 14.5 Å². The van der Waals surface area contributed by atoms with E-state index in [4.69, 9.17) is 13.9 Å². The first-order valence-corrected chi connectivity index (χ1v) is 11.7. The molecule has 0 spiro atoms. The van der Waals surface area contributed by atoms with E-state index in [1.165, 1.54) is 7.11 Å².